The Hall–Kier alpha value is -4.79. The van der Waals surface area contributed by atoms with E-state index in [9.17, 15) is 28.0 Å². The van der Waals surface area contributed by atoms with Crippen LogP contribution in [0.4, 0.5) is 17.6 Å². The molecule has 2 aromatic carbocycles. The molecule has 336 valence electrons. The lowest BCUT2D eigenvalue weighted by atomic mass is 9.83. The molecule has 8 atom stereocenters. The zero-order valence-corrected chi connectivity index (χ0v) is 36.5. The number of rotatable bonds is 16. The maximum absolute atomic E-state index is 15.7. The minimum Gasteiger partial charge on any atom is -0.352 e. The molecular formula is C47H61F4N7O4. The second-order valence-electron chi connectivity index (χ2n) is 18.0. The number of fused-ring (bicyclic) bond motifs is 2. The highest BCUT2D eigenvalue weighted by atomic mass is 19.1. The number of amides is 3. The fraction of sp³-hybridized carbons (Fsp3) is 0.596. The zero-order valence-electron chi connectivity index (χ0n) is 36.5. The summed E-state index contributed by atoms with van der Waals surface area (Å²) in [6.07, 6.45) is 3.09. The second-order valence-corrected chi connectivity index (χ2v) is 18.0. The molecule has 0 spiro atoms. The van der Waals surface area contributed by atoms with E-state index in [0.29, 0.717) is 51.9 Å². The number of alkyl halides is 2. The van der Waals surface area contributed by atoms with Gasteiger partial charge in [0.25, 0.3) is 0 Å². The third-order valence-corrected chi connectivity index (χ3v) is 13.9. The van der Waals surface area contributed by atoms with Crippen LogP contribution in [0.5, 0.6) is 0 Å². The van der Waals surface area contributed by atoms with Gasteiger partial charge in [0.05, 0.1) is 41.9 Å². The molecule has 3 fully saturated rings. The van der Waals surface area contributed by atoms with Crippen LogP contribution in [0.25, 0.3) is 33.5 Å². The van der Waals surface area contributed by atoms with Crippen LogP contribution in [-0.4, -0.2) is 104 Å². The number of hydrogen-bond donors (Lipinski definition) is 3. The number of ketones is 1. The third-order valence-electron chi connectivity index (χ3n) is 13.9. The summed E-state index contributed by atoms with van der Waals surface area (Å²) in [5, 5.41) is 6.61. The molecule has 62 heavy (non-hydrogen) atoms. The zero-order chi connectivity index (χ0) is 44.4. The minimum atomic E-state index is -1.33. The van der Waals surface area contributed by atoms with Crippen LogP contribution in [0.1, 0.15) is 97.5 Å². The van der Waals surface area contributed by atoms with E-state index in [4.69, 9.17) is 4.98 Å². The van der Waals surface area contributed by atoms with Crippen LogP contribution in [0.2, 0.25) is 0 Å². The van der Waals surface area contributed by atoms with Crippen LogP contribution >= 0.6 is 0 Å². The average molecular weight is 864 g/mol. The van der Waals surface area contributed by atoms with Gasteiger partial charge in [-0.05, 0) is 87.9 Å². The predicted molar refractivity (Wildman–Crippen MR) is 231 cm³/mol. The summed E-state index contributed by atoms with van der Waals surface area (Å²) in [5.74, 6) is -2.66. The number of aromatic amines is 1. The van der Waals surface area contributed by atoms with Crippen LogP contribution in [-0.2, 0) is 32.1 Å². The summed E-state index contributed by atoms with van der Waals surface area (Å²) < 4.78 is 62.7. The lowest BCUT2D eigenvalue weighted by Gasteiger charge is -2.35. The first-order valence-corrected chi connectivity index (χ1v) is 22.6. The summed E-state index contributed by atoms with van der Waals surface area (Å²) in [5.41, 5.74) is 2.33. The van der Waals surface area contributed by atoms with E-state index in [1.54, 1.807) is 31.0 Å². The SMILES string of the molecule is CC[C@H](CC(=O)[C@H](C)NC)C(=O)N1C[C@@H](F)C[C@H]1Cc1c(-c2nc3cc(F)ccc3n2C[C@@H]2C[C@H](F)CN2C(=O)[C@@H](NC(=O)[C@H](C)CC)C2CCCCC2)[nH]c2cc(F)ccc12. The number of likely N-dealkylation sites (N-methyl/N-ethyl adjacent to an activating group) is 1. The highest BCUT2D eigenvalue weighted by molar-refractivity contribution is 5.93. The van der Waals surface area contributed by atoms with Crippen molar-refractivity contribution in [1.82, 2.24) is 35.0 Å². The van der Waals surface area contributed by atoms with E-state index < -0.39 is 54.1 Å². The Balaban J connectivity index is 1.27. The van der Waals surface area contributed by atoms with Gasteiger partial charge in [0.15, 0.2) is 5.82 Å². The Morgan fingerprint density at radius 3 is 2.21 bits per heavy atom. The molecule has 4 aromatic rings. The first kappa shape index (κ1) is 45.2. The monoisotopic (exact) mass is 863 g/mol. The van der Waals surface area contributed by atoms with Crippen molar-refractivity contribution in [2.75, 3.05) is 20.1 Å². The highest BCUT2D eigenvalue weighted by Crippen LogP contribution is 2.38. The van der Waals surface area contributed by atoms with E-state index in [1.165, 1.54) is 29.2 Å². The number of carbonyl (C=O) groups excluding carboxylic acids is 4. The van der Waals surface area contributed by atoms with Crippen molar-refractivity contribution >= 4 is 45.4 Å². The molecule has 11 nitrogen and oxygen atoms in total. The van der Waals surface area contributed by atoms with Gasteiger partial charge in [-0.2, -0.15) is 0 Å². The van der Waals surface area contributed by atoms with Crippen molar-refractivity contribution < 1.29 is 36.7 Å². The fourth-order valence-corrected chi connectivity index (χ4v) is 9.91. The maximum atomic E-state index is 15.7. The van der Waals surface area contributed by atoms with Gasteiger partial charge >= 0.3 is 0 Å². The van der Waals surface area contributed by atoms with Crippen molar-refractivity contribution in [1.29, 1.82) is 0 Å². The molecule has 2 aliphatic heterocycles. The predicted octanol–water partition coefficient (Wildman–Crippen LogP) is 7.59. The van der Waals surface area contributed by atoms with Crippen LogP contribution < -0.4 is 10.6 Å². The Bertz CT molecular complexity index is 2270. The van der Waals surface area contributed by atoms with Gasteiger partial charge in [-0.3, -0.25) is 19.2 Å². The average Bonchev–Trinajstić information content (AvgIpc) is 4.03. The molecule has 4 heterocycles. The quantitative estimate of drug-likeness (QED) is 0.0996. The summed E-state index contributed by atoms with van der Waals surface area (Å²) in [6, 6.07) is 5.95. The van der Waals surface area contributed by atoms with E-state index in [-0.39, 0.29) is 80.7 Å². The molecule has 3 amide bonds. The van der Waals surface area contributed by atoms with Gasteiger partial charge in [0.1, 0.15) is 35.8 Å². The van der Waals surface area contributed by atoms with Crippen LogP contribution in [0, 0.1) is 29.4 Å². The molecule has 0 unspecified atom stereocenters. The number of nitrogens with zero attached hydrogens (tertiary/aromatic N) is 4. The first-order valence-electron chi connectivity index (χ1n) is 22.6. The van der Waals surface area contributed by atoms with Gasteiger partial charge in [0.2, 0.25) is 17.7 Å². The number of carbonyl (C=O) groups is 4. The topological polar surface area (TPSA) is 132 Å². The molecule has 3 aliphatic rings. The number of likely N-dealkylation sites (tertiary alicyclic amines) is 2. The Kier molecular flexibility index (Phi) is 14.1. The molecule has 7 rings (SSSR count). The van der Waals surface area contributed by atoms with Gasteiger partial charge in [-0.15, -0.1) is 0 Å². The standard InChI is InChI=1S/C47H61F4N7O4/c1-6-26(3)45(60)55-42(29-11-9-8-10-12-29)47(62)57-24-33(51)19-35(57)25-58-40-16-14-31(49)21-39(40)54-44(58)43-37(36-15-13-30(48)20-38(36)53-43)22-34-18-32(50)23-56(34)46(61)28(7-2)17-41(59)27(4)52-5/h13-16,20-21,26-29,32-35,42,52-53H,6-12,17-19,22-25H2,1-5H3,(H,55,60)/t26-,27+,28-,32+,33+,34+,35+,42+/m1/s1. The largest absolute Gasteiger partial charge is 0.352 e. The van der Waals surface area contributed by atoms with Gasteiger partial charge < -0.3 is 30.0 Å². The van der Waals surface area contributed by atoms with Crippen molar-refractivity contribution in [3.8, 4) is 11.5 Å². The molecule has 0 bridgehead atoms. The minimum absolute atomic E-state index is 0.0156. The van der Waals surface area contributed by atoms with Crippen molar-refractivity contribution in [2.24, 2.45) is 17.8 Å². The van der Waals surface area contributed by atoms with Gasteiger partial charge in [-0.25, -0.2) is 22.5 Å². The van der Waals surface area contributed by atoms with E-state index in [1.807, 2.05) is 25.3 Å². The number of Topliss-reactive ketones (excluding diaryl/α,β-unsaturated/α-hetero) is 1. The van der Waals surface area contributed by atoms with Crippen molar-refractivity contribution in [3.63, 3.8) is 0 Å². The Morgan fingerprint density at radius 1 is 0.871 bits per heavy atom. The normalized spacial score (nSPS) is 22.9. The number of benzene rings is 2. The fourth-order valence-electron chi connectivity index (χ4n) is 9.91. The lowest BCUT2D eigenvalue weighted by Crippen LogP contribution is -2.55. The number of hydrogen-bond acceptors (Lipinski definition) is 6. The molecule has 1 saturated carbocycles. The number of imidazole rings is 1. The second kappa shape index (κ2) is 19.3. The van der Waals surface area contributed by atoms with Crippen LogP contribution in [0.3, 0.4) is 0 Å². The molecule has 2 aromatic heterocycles. The molecule has 0 radical (unpaired) electrons. The lowest BCUT2D eigenvalue weighted by molar-refractivity contribution is -0.140. The number of nitrogens with one attached hydrogen (secondary N) is 3. The van der Waals surface area contributed by atoms with Crippen LogP contribution in [0.15, 0.2) is 36.4 Å². The molecule has 1 aliphatic carbocycles. The highest BCUT2D eigenvalue weighted by Gasteiger charge is 2.43. The summed E-state index contributed by atoms with van der Waals surface area (Å²) in [6.45, 7) is 7.11. The van der Waals surface area contributed by atoms with E-state index >= 15 is 8.78 Å². The molecule has 15 heteroatoms. The van der Waals surface area contributed by atoms with Crippen molar-refractivity contribution in [2.45, 2.75) is 141 Å². The number of aromatic nitrogens is 3. The third kappa shape index (κ3) is 9.42. The molecular weight excluding hydrogens is 803 g/mol. The van der Waals surface area contributed by atoms with Gasteiger partial charge in [0, 0.05) is 60.7 Å². The van der Waals surface area contributed by atoms with E-state index in [2.05, 4.69) is 15.6 Å². The van der Waals surface area contributed by atoms with Crippen molar-refractivity contribution in [3.05, 3.63) is 53.6 Å². The summed E-state index contributed by atoms with van der Waals surface area (Å²) >= 11 is 0. The van der Waals surface area contributed by atoms with Gasteiger partial charge in [-0.1, -0.05) is 40.0 Å². The number of halogens is 4. The maximum Gasteiger partial charge on any atom is 0.245 e. The first-order chi connectivity index (χ1) is 29.7. The smallest absolute Gasteiger partial charge is 0.245 e. The summed E-state index contributed by atoms with van der Waals surface area (Å²) in [4.78, 5) is 66.4. The van der Waals surface area contributed by atoms with E-state index in [0.717, 1.165) is 32.1 Å². The Labute approximate surface area is 360 Å². The number of H-pyrrole nitrogens is 1. The summed E-state index contributed by atoms with van der Waals surface area (Å²) in [7, 11) is 1.68. The molecule has 2 saturated heterocycles. The molecule has 3 N–H and O–H groups in total. The Morgan fingerprint density at radius 2 is 1.53 bits per heavy atom.